The minimum Gasteiger partial charge on any atom is -0.497 e. The molecule has 1 atom stereocenters. The summed E-state index contributed by atoms with van der Waals surface area (Å²) in [5.41, 5.74) is 3.04. The fourth-order valence-corrected chi connectivity index (χ4v) is 4.28. The van der Waals surface area contributed by atoms with Crippen molar-refractivity contribution in [2.45, 2.75) is 52.4 Å². The van der Waals surface area contributed by atoms with Crippen LogP contribution in [0, 0.1) is 19.8 Å². The first-order valence-electron chi connectivity index (χ1n) is 11.0. The third-order valence-electron chi connectivity index (χ3n) is 4.87. The number of carbonyl (C=O) groups is 1. The molecular formula is C25H32N4O3S. The molecule has 0 aliphatic heterocycles. The van der Waals surface area contributed by atoms with Gasteiger partial charge < -0.3 is 19.4 Å². The van der Waals surface area contributed by atoms with E-state index in [1.807, 2.05) is 61.7 Å². The van der Waals surface area contributed by atoms with Crippen LogP contribution in [0.3, 0.4) is 0 Å². The predicted octanol–water partition coefficient (Wildman–Crippen LogP) is 5.43. The number of ether oxygens (including phenoxy) is 2. The van der Waals surface area contributed by atoms with Gasteiger partial charge in [-0.3, -0.25) is 4.79 Å². The van der Waals surface area contributed by atoms with Crippen molar-refractivity contribution in [3.8, 4) is 11.5 Å². The largest absolute Gasteiger partial charge is 0.497 e. The van der Waals surface area contributed by atoms with E-state index < -0.39 is 0 Å². The second-order valence-corrected chi connectivity index (χ2v) is 9.44. The Hall–Kier alpha value is -3.00. The highest BCUT2D eigenvalue weighted by Gasteiger charge is 2.21. The molecule has 2 aromatic carbocycles. The maximum atomic E-state index is 12.6. The minimum absolute atomic E-state index is 0.0758. The van der Waals surface area contributed by atoms with E-state index in [2.05, 4.69) is 35.4 Å². The van der Waals surface area contributed by atoms with Crippen LogP contribution < -0.4 is 14.8 Å². The van der Waals surface area contributed by atoms with E-state index in [0.29, 0.717) is 11.1 Å². The highest BCUT2D eigenvalue weighted by molar-refractivity contribution is 7.99. The molecule has 1 amide bonds. The number of thioether (sulfide) groups is 1. The molecule has 1 unspecified atom stereocenters. The predicted molar refractivity (Wildman–Crippen MR) is 132 cm³/mol. The van der Waals surface area contributed by atoms with Crippen LogP contribution in [0.25, 0.3) is 0 Å². The highest BCUT2D eigenvalue weighted by atomic mass is 32.2. The summed E-state index contributed by atoms with van der Waals surface area (Å²) in [6.07, 6.45) is -0.303. The molecule has 176 valence electrons. The van der Waals surface area contributed by atoms with Gasteiger partial charge in [0.05, 0.1) is 12.9 Å². The summed E-state index contributed by atoms with van der Waals surface area (Å²) >= 11 is 1.38. The second-order valence-electron chi connectivity index (χ2n) is 8.49. The molecule has 1 heterocycles. The van der Waals surface area contributed by atoms with Gasteiger partial charge in [-0.1, -0.05) is 31.7 Å². The zero-order chi connectivity index (χ0) is 24.0. The number of nitrogens with zero attached hydrogens (tertiary/aromatic N) is 3. The molecule has 0 saturated carbocycles. The number of amides is 1. The summed E-state index contributed by atoms with van der Waals surface area (Å²) in [6, 6.07) is 13.5. The van der Waals surface area contributed by atoms with Gasteiger partial charge >= 0.3 is 0 Å². The van der Waals surface area contributed by atoms with E-state index in [-0.39, 0.29) is 17.8 Å². The van der Waals surface area contributed by atoms with Crippen LogP contribution >= 0.6 is 11.8 Å². The number of anilines is 1. The molecule has 1 N–H and O–H groups in total. The van der Waals surface area contributed by atoms with Crippen molar-refractivity contribution >= 4 is 23.4 Å². The van der Waals surface area contributed by atoms with Gasteiger partial charge in [0.25, 0.3) is 0 Å². The zero-order valence-electron chi connectivity index (χ0n) is 20.1. The Kier molecular flexibility index (Phi) is 8.38. The fourth-order valence-electron chi connectivity index (χ4n) is 3.53. The monoisotopic (exact) mass is 468 g/mol. The Balaban J connectivity index is 1.69. The average Bonchev–Trinajstić information content (AvgIpc) is 3.14. The molecule has 0 radical (unpaired) electrons. The quantitative estimate of drug-likeness (QED) is 0.400. The van der Waals surface area contributed by atoms with E-state index in [9.17, 15) is 4.79 Å². The van der Waals surface area contributed by atoms with Gasteiger partial charge in [-0.05, 0) is 74.2 Å². The van der Waals surface area contributed by atoms with Gasteiger partial charge in [0.2, 0.25) is 5.91 Å². The van der Waals surface area contributed by atoms with Gasteiger partial charge in [-0.25, -0.2) is 0 Å². The van der Waals surface area contributed by atoms with Crippen LogP contribution in [-0.4, -0.2) is 33.5 Å². The summed E-state index contributed by atoms with van der Waals surface area (Å²) in [5.74, 6) is 2.79. The number of aryl methyl sites for hydroxylation is 2. The Morgan fingerprint density at radius 1 is 1.03 bits per heavy atom. The number of carbonyl (C=O) groups excluding carboxylic acids is 1. The molecule has 3 aromatic rings. The minimum atomic E-state index is -0.303. The Labute approximate surface area is 199 Å². The lowest BCUT2D eigenvalue weighted by Gasteiger charge is -2.18. The lowest BCUT2D eigenvalue weighted by Crippen LogP contribution is -2.17. The summed E-state index contributed by atoms with van der Waals surface area (Å²) in [7, 11) is 1.63. The Morgan fingerprint density at radius 3 is 2.27 bits per heavy atom. The van der Waals surface area contributed by atoms with E-state index in [4.69, 9.17) is 9.47 Å². The smallest absolute Gasteiger partial charge is 0.234 e. The summed E-state index contributed by atoms with van der Waals surface area (Å²) in [6.45, 7) is 11.0. The van der Waals surface area contributed by atoms with E-state index in [1.54, 1.807) is 7.11 Å². The lowest BCUT2D eigenvalue weighted by atomic mass is 10.1. The van der Waals surface area contributed by atoms with Crippen molar-refractivity contribution < 1.29 is 14.3 Å². The molecule has 0 aliphatic carbocycles. The van der Waals surface area contributed by atoms with E-state index >= 15 is 0 Å². The highest BCUT2D eigenvalue weighted by Crippen LogP contribution is 2.27. The second kappa shape index (κ2) is 11.2. The van der Waals surface area contributed by atoms with Crippen molar-refractivity contribution in [2.75, 3.05) is 18.2 Å². The normalized spacial score (nSPS) is 12.0. The molecule has 1 aromatic heterocycles. The van der Waals surface area contributed by atoms with E-state index in [1.165, 1.54) is 11.8 Å². The molecule has 0 bridgehead atoms. The number of hydrogen-bond acceptors (Lipinski definition) is 6. The summed E-state index contributed by atoms with van der Waals surface area (Å²) in [5, 5.41) is 12.4. The summed E-state index contributed by atoms with van der Waals surface area (Å²) in [4.78, 5) is 12.6. The number of rotatable bonds is 10. The van der Waals surface area contributed by atoms with Crippen LogP contribution in [-0.2, 0) is 11.3 Å². The van der Waals surface area contributed by atoms with Gasteiger partial charge in [0.1, 0.15) is 11.5 Å². The standard InChI is InChI=1S/C25H32N4O3S/c1-16(2)14-29-24(19(5)32-22-9-7-21(31-6)8-10-22)27-28-25(29)33-15-23(30)26-20-12-17(3)11-18(4)13-20/h7-13,16,19H,14-15H2,1-6H3,(H,26,30). The van der Waals surface area contributed by atoms with Crippen molar-refractivity contribution in [2.24, 2.45) is 5.92 Å². The molecule has 7 nitrogen and oxygen atoms in total. The topological polar surface area (TPSA) is 78.3 Å². The first-order chi connectivity index (χ1) is 15.7. The molecule has 33 heavy (non-hydrogen) atoms. The number of methoxy groups -OCH3 is 1. The molecule has 0 spiro atoms. The van der Waals surface area contributed by atoms with Crippen LogP contribution in [0.4, 0.5) is 5.69 Å². The van der Waals surface area contributed by atoms with Gasteiger partial charge in [0, 0.05) is 12.2 Å². The first-order valence-corrected chi connectivity index (χ1v) is 12.0. The van der Waals surface area contributed by atoms with Crippen molar-refractivity contribution in [3.05, 3.63) is 59.4 Å². The van der Waals surface area contributed by atoms with Gasteiger partial charge in [0.15, 0.2) is 17.1 Å². The first kappa shape index (κ1) is 24.6. The Morgan fingerprint density at radius 2 is 1.67 bits per heavy atom. The number of hydrogen-bond donors (Lipinski definition) is 1. The van der Waals surface area contributed by atoms with Crippen LogP contribution in [0.1, 0.15) is 43.8 Å². The van der Waals surface area contributed by atoms with Gasteiger partial charge in [-0.15, -0.1) is 10.2 Å². The van der Waals surface area contributed by atoms with Crippen LogP contribution in [0.15, 0.2) is 47.6 Å². The average molecular weight is 469 g/mol. The summed E-state index contributed by atoms with van der Waals surface area (Å²) < 4.78 is 13.3. The van der Waals surface area contributed by atoms with Crippen molar-refractivity contribution in [3.63, 3.8) is 0 Å². The molecular weight excluding hydrogens is 436 g/mol. The van der Waals surface area contributed by atoms with Crippen LogP contribution in [0.5, 0.6) is 11.5 Å². The maximum Gasteiger partial charge on any atom is 0.234 e. The maximum absolute atomic E-state index is 12.6. The van der Waals surface area contributed by atoms with E-state index in [0.717, 1.165) is 40.7 Å². The fraction of sp³-hybridized carbons (Fsp3) is 0.400. The molecule has 3 rings (SSSR count). The number of benzene rings is 2. The van der Waals surface area contributed by atoms with Crippen molar-refractivity contribution in [1.82, 2.24) is 14.8 Å². The third-order valence-corrected chi connectivity index (χ3v) is 5.83. The molecule has 8 heteroatoms. The zero-order valence-corrected chi connectivity index (χ0v) is 20.9. The number of nitrogens with one attached hydrogen (secondary N) is 1. The third kappa shape index (κ3) is 6.99. The van der Waals surface area contributed by atoms with Crippen molar-refractivity contribution in [1.29, 1.82) is 0 Å². The molecule has 0 aliphatic rings. The lowest BCUT2D eigenvalue weighted by molar-refractivity contribution is -0.113. The van der Waals surface area contributed by atoms with Gasteiger partial charge in [-0.2, -0.15) is 0 Å². The van der Waals surface area contributed by atoms with Crippen LogP contribution in [0.2, 0.25) is 0 Å². The Bertz CT molecular complexity index is 1060. The molecule has 0 fully saturated rings. The number of aromatic nitrogens is 3. The molecule has 0 saturated heterocycles. The SMILES string of the molecule is COc1ccc(OC(C)c2nnc(SCC(=O)Nc3cc(C)cc(C)c3)n2CC(C)C)cc1.